The molecule has 0 aromatic heterocycles. The summed E-state index contributed by atoms with van der Waals surface area (Å²) in [5.74, 6) is 0. The van der Waals surface area contributed by atoms with Crippen LogP contribution in [-0.4, -0.2) is 12.7 Å². The molecule has 1 fully saturated rings. The zero-order valence-electron chi connectivity index (χ0n) is 7.84. The summed E-state index contributed by atoms with van der Waals surface area (Å²) in [6, 6.07) is 8.02. The lowest BCUT2D eigenvalue weighted by molar-refractivity contribution is 0.234. The highest BCUT2D eigenvalue weighted by molar-refractivity contribution is 6.30. The van der Waals surface area contributed by atoms with Crippen LogP contribution < -0.4 is 5.32 Å². The summed E-state index contributed by atoms with van der Waals surface area (Å²) < 4.78 is 12.9. The Bertz CT molecular complexity index is 308. The van der Waals surface area contributed by atoms with Crippen LogP contribution >= 0.6 is 11.6 Å². The number of benzene rings is 1. The minimum Gasteiger partial charge on any atom is -0.307 e. The molecule has 0 amide bonds. The number of piperidine rings is 1. The maximum atomic E-state index is 12.9. The highest BCUT2D eigenvalue weighted by Gasteiger charge is 2.20. The molecule has 1 aromatic rings. The minimum absolute atomic E-state index is 0.265. The first-order chi connectivity index (χ1) is 6.75. The second-order valence-electron chi connectivity index (χ2n) is 3.69. The second-order valence-corrected chi connectivity index (χ2v) is 4.13. The molecule has 76 valence electrons. The molecule has 1 aliphatic rings. The van der Waals surface area contributed by atoms with Gasteiger partial charge in [0.2, 0.25) is 0 Å². The third-order valence-corrected chi connectivity index (χ3v) is 2.84. The summed E-state index contributed by atoms with van der Waals surface area (Å²) in [6.07, 6.45) is 0.802. The molecule has 14 heavy (non-hydrogen) atoms. The Kier molecular flexibility index (Phi) is 3.04. The van der Waals surface area contributed by atoms with Gasteiger partial charge in [0, 0.05) is 17.6 Å². The normalized spacial score (nSPS) is 27.6. The van der Waals surface area contributed by atoms with Gasteiger partial charge in [-0.15, -0.1) is 0 Å². The molecule has 1 heterocycles. The van der Waals surface area contributed by atoms with Gasteiger partial charge in [0.1, 0.15) is 6.17 Å². The Morgan fingerprint density at radius 3 is 2.86 bits per heavy atom. The molecule has 0 radical (unpaired) electrons. The molecule has 2 unspecified atom stereocenters. The summed E-state index contributed by atoms with van der Waals surface area (Å²) in [6.45, 7) is 0.456. The van der Waals surface area contributed by atoms with Crippen LogP contribution in [0.3, 0.4) is 0 Å². The summed E-state index contributed by atoms with van der Waals surface area (Å²) in [7, 11) is 0. The van der Waals surface area contributed by atoms with E-state index in [4.69, 9.17) is 11.6 Å². The van der Waals surface area contributed by atoms with Gasteiger partial charge in [-0.2, -0.15) is 0 Å². The molecule has 0 saturated carbocycles. The summed E-state index contributed by atoms with van der Waals surface area (Å²) in [5, 5.41) is 3.92. The molecular formula is C11H13ClFN. The van der Waals surface area contributed by atoms with Crippen LogP contribution in [0.5, 0.6) is 0 Å². The van der Waals surface area contributed by atoms with E-state index >= 15 is 0 Å². The lowest BCUT2D eigenvalue weighted by atomic mass is 9.97. The molecule has 0 bridgehead atoms. The zero-order valence-corrected chi connectivity index (χ0v) is 8.60. The van der Waals surface area contributed by atoms with E-state index in [0.29, 0.717) is 13.0 Å². The molecule has 1 aromatic carbocycles. The molecular weight excluding hydrogens is 201 g/mol. The van der Waals surface area contributed by atoms with E-state index < -0.39 is 6.17 Å². The van der Waals surface area contributed by atoms with Crippen molar-refractivity contribution in [2.24, 2.45) is 0 Å². The van der Waals surface area contributed by atoms with Gasteiger partial charge in [0.15, 0.2) is 0 Å². The van der Waals surface area contributed by atoms with Gasteiger partial charge in [0.25, 0.3) is 0 Å². The SMILES string of the molecule is FC1CCC(c2cccc(Cl)c2)NC1. The van der Waals surface area contributed by atoms with Crippen LogP contribution in [0.4, 0.5) is 4.39 Å². The van der Waals surface area contributed by atoms with Crippen LogP contribution in [0.1, 0.15) is 24.4 Å². The van der Waals surface area contributed by atoms with E-state index in [1.54, 1.807) is 0 Å². The number of rotatable bonds is 1. The predicted octanol–water partition coefficient (Wildman–Crippen LogP) is 3.10. The van der Waals surface area contributed by atoms with Gasteiger partial charge < -0.3 is 5.32 Å². The van der Waals surface area contributed by atoms with Gasteiger partial charge in [-0.3, -0.25) is 0 Å². The maximum absolute atomic E-state index is 12.9. The van der Waals surface area contributed by atoms with E-state index in [1.165, 1.54) is 0 Å². The van der Waals surface area contributed by atoms with Gasteiger partial charge >= 0.3 is 0 Å². The van der Waals surface area contributed by atoms with Crippen LogP contribution in [0.25, 0.3) is 0 Å². The average Bonchev–Trinajstić information content (AvgIpc) is 2.19. The third-order valence-electron chi connectivity index (χ3n) is 2.61. The molecule has 2 atom stereocenters. The fourth-order valence-corrected chi connectivity index (χ4v) is 2.03. The highest BCUT2D eigenvalue weighted by atomic mass is 35.5. The maximum Gasteiger partial charge on any atom is 0.113 e. The first-order valence-corrected chi connectivity index (χ1v) is 5.26. The molecule has 0 spiro atoms. The standard InChI is InChI=1S/C11H13ClFN/c12-9-3-1-2-8(6-9)11-5-4-10(13)7-14-11/h1-3,6,10-11,14H,4-5,7H2. The van der Waals surface area contributed by atoms with E-state index in [9.17, 15) is 4.39 Å². The van der Waals surface area contributed by atoms with E-state index in [0.717, 1.165) is 17.0 Å². The van der Waals surface area contributed by atoms with Crippen molar-refractivity contribution in [3.05, 3.63) is 34.9 Å². The monoisotopic (exact) mass is 213 g/mol. The Hall–Kier alpha value is -0.600. The summed E-state index contributed by atoms with van der Waals surface area (Å²) in [4.78, 5) is 0. The predicted molar refractivity (Wildman–Crippen MR) is 56.3 cm³/mol. The van der Waals surface area contributed by atoms with Gasteiger partial charge in [0.05, 0.1) is 0 Å². The van der Waals surface area contributed by atoms with E-state index in [-0.39, 0.29) is 6.04 Å². The van der Waals surface area contributed by atoms with Crippen LogP contribution in [-0.2, 0) is 0 Å². The minimum atomic E-state index is -0.689. The number of hydrogen-bond donors (Lipinski definition) is 1. The van der Waals surface area contributed by atoms with Crippen LogP contribution in [0, 0.1) is 0 Å². The molecule has 1 saturated heterocycles. The lowest BCUT2D eigenvalue weighted by Crippen LogP contribution is -2.34. The summed E-state index contributed by atoms with van der Waals surface area (Å²) in [5.41, 5.74) is 1.16. The molecule has 2 rings (SSSR count). The number of halogens is 2. The van der Waals surface area contributed by atoms with E-state index in [2.05, 4.69) is 5.32 Å². The third kappa shape index (κ3) is 2.25. The van der Waals surface area contributed by atoms with Crippen LogP contribution in [0.15, 0.2) is 24.3 Å². The topological polar surface area (TPSA) is 12.0 Å². The van der Waals surface area contributed by atoms with Crippen molar-refractivity contribution in [3.63, 3.8) is 0 Å². The van der Waals surface area contributed by atoms with Crippen molar-refractivity contribution in [3.8, 4) is 0 Å². The second kappa shape index (κ2) is 4.28. The lowest BCUT2D eigenvalue weighted by Gasteiger charge is -2.26. The Labute approximate surface area is 88.3 Å². The van der Waals surface area contributed by atoms with Crippen molar-refractivity contribution < 1.29 is 4.39 Å². The first kappa shape index (κ1) is 9.94. The van der Waals surface area contributed by atoms with Gasteiger partial charge in [-0.25, -0.2) is 4.39 Å². The molecule has 0 aliphatic carbocycles. The largest absolute Gasteiger partial charge is 0.307 e. The van der Waals surface area contributed by atoms with Gasteiger partial charge in [-0.05, 0) is 30.5 Å². The summed E-state index contributed by atoms with van der Waals surface area (Å²) >= 11 is 5.89. The van der Waals surface area contributed by atoms with Crippen molar-refractivity contribution >= 4 is 11.6 Å². The Balaban J connectivity index is 2.08. The first-order valence-electron chi connectivity index (χ1n) is 4.88. The van der Waals surface area contributed by atoms with Gasteiger partial charge in [-0.1, -0.05) is 23.7 Å². The zero-order chi connectivity index (χ0) is 9.97. The molecule has 1 aliphatic heterocycles. The fourth-order valence-electron chi connectivity index (χ4n) is 1.83. The molecule has 3 heteroatoms. The highest BCUT2D eigenvalue weighted by Crippen LogP contribution is 2.25. The van der Waals surface area contributed by atoms with Crippen molar-refractivity contribution in [1.29, 1.82) is 0 Å². The van der Waals surface area contributed by atoms with Crippen molar-refractivity contribution in [2.45, 2.75) is 25.1 Å². The molecule has 1 N–H and O–H groups in total. The van der Waals surface area contributed by atoms with E-state index in [1.807, 2.05) is 24.3 Å². The van der Waals surface area contributed by atoms with Crippen molar-refractivity contribution in [1.82, 2.24) is 5.32 Å². The quantitative estimate of drug-likeness (QED) is 0.756. The fraction of sp³-hybridized carbons (Fsp3) is 0.455. The van der Waals surface area contributed by atoms with Crippen LogP contribution in [0.2, 0.25) is 5.02 Å². The Morgan fingerprint density at radius 1 is 1.36 bits per heavy atom. The van der Waals surface area contributed by atoms with Crippen molar-refractivity contribution in [2.75, 3.05) is 6.54 Å². The Morgan fingerprint density at radius 2 is 2.21 bits per heavy atom. The average molecular weight is 214 g/mol. The number of nitrogens with one attached hydrogen (secondary N) is 1. The molecule has 1 nitrogen and oxygen atoms in total. The number of alkyl halides is 1. The smallest absolute Gasteiger partial charge is 0.113 e. The number of hydrogen-bond acceptors (Lipinski definition) is 1.